The number of halogens is 1. The van der Waals surface area contributed by atoms with E-state index in [2.05, 4.69) is 26.9 Å². The normalized spacial score (nSPS) is 21.0. The fourth-order valence-corrected chi connectivity index (χ4v) is 4.82. The number of carboxylic acids is 1. The van der Waals surface area contributed by atoms with Crippen LogP contribution >= 0.6 is 15.9 Å². The molecule has 0 bridgehead atoms. The van der Waals surface area contributed by atoms with Gasteiger partial charge in [0.2, 0.25) is 0 Å². The first-order valence-corrected chi connectivity index (χ1v) is 11.1. The second kappa shape index (κ2) is 9.75. The van der Waals surface area contributed by atoms with Gasteiger partial charge in [-0.15, -0.1) is 0 Å². The zero-order chi connectivity index (χ0) is 21.7. The third-order valence-electron chi connectivity index (χ3n) is 5.85. The molecule has 5 nitrogen and oxygen atoms in total. The van der Waals surface area contributed by atoms with Crippen molar-refractivity contribution in [1.29, 1.82) is 0 Å². The molecule has 0 unspecified atom stereocenters. The topological polar surface area (TPSA) is 66.8 Å². The van der Waals surface area contributed by atoms with Crippen LogP contribution in [0.2, 0.25) is 0 Å². The molecular weight excluding hydrogens is 446 g/mol. The molecular formula is C24H28BrNO4. The Kier molecular flexibility index (Phi) is 7.32. The molecule has 160 valence electrons. The van der Waals surface area contributed by atoms with Crippen LogP contribution in [0.3, 0.4) is 0 Å². The zero-order valence-corrected chi connectivity index (χ0v) is 19.0. The van der Waals surface area contributed by atoms with Gasteiger partial charge in [-0.05, 0) is 81.6 Å². The van der Waals surface area contributed by atoms with Gasteiger partial charge < -0.3 is 14.7 Å². The quantitative estimate of drug-likeness (QED) is 0.373. The van der Waals surface area contributed by atoms with Crippen LogP contribution in [0, 0.1) is 0 Å². The van der Waals surface area contributed by atoms with Crippen LogP contribution in [0.5, 0.6) is 0 Å². The number of aliphatic carboxylic acids is 1. The minimum absolute atomic E-state index is 0.125. The second-order valence-corrected chi connectivity index (χ2v) is 9.06. The molecule has 0 radical (unpaired) electrons. The maximum absolute atomic E-state index is 12.4. The van der Waals surface area contributed by atoms with Gasteiger partial charge in [-0.2, -0.15) is 0 Å². The van der Waals surface area contributed by atoms with E-state index in [1.165, 1.54) is 0 Å². The Labute approximate surface area is 186 Å². The van der Waals surface area contributed by atoms with Crippen molar-refractivity contribution >= 4 is 27.9 Å². The van der Waals surface area contributed by atoms with E-state index >= 15 is 0 Å². The van der Waals surface area contributed by atoms with E-state index in [1.54, 1.807) is 0 Å². The molecule has 1 aliphatic carbocycles. The van der Waals surface area contributed by atoms with Crippen LogP contribution in [0.15, 0.2) is 53.0 Å². The van der Waals surface area contributed by atoms with Gasteiger partial charge in [-0.1, -0.05) is 52.3 Å². The minimum Gasteiger partial charge on any atom is -0.473 e. The fourth-order valence-electron chi connectivity index (χ4n) is 4.55. The van der Waals surface area contributed by atoms with E-state index in [-0.39, 0.29) is 5.92 Å². The Morgan fingerprint density at radius 3 is 2.53 bits per heavy atom. The largest absolute Gasteiger partial charge is 0.473 e. The maximum Gasteiger partial charge on any atom is 0.418 e. The van der Waals surface area contributed by atoms with E-state index in [0.717, 1.165) is 53.4 Å². The summed E-state index contributed by atoms with van der Waals surface area (Å²) in [5, 5.41) is 9.36. The summed E-state index contributed by atoms with van der Waals surface area (Å²) >= 11 is 3.49. The zero-order valence-electron chi connectivity index (χ0n) is 17.4. The average Bonchev–Trinajstić information content (AvgIpc) is 2.86. The highest BCUT2D eigenvalue weighted by atomic mass is 79.9. The Hall–Kier alpha value is -2.18. The summed E-state index contributed by atoms with van der Waals surface area (Å²) in [7, 11) is 4.01. The SMILES string of the molecule is CN(C)CCC[C@]1(OC(=O)C(=O)O)c2ccccc2CCC[C@@H]1c1ccc(Br)cc1. The van der Waals surface area contributed by atoms with Crippen molar-refractivity contribution in [3.05, 3.63) is 69.7 Å². The Morgan fingerprint density at radius 2 is 1.87 bits per heavy atom. The Balaban J connectivity index is 2.17. The van der Waals surface area contributed by atoms with E-state index < -0.39 is 17.5 Å². The molecule has 1 aliphatic rings. The molecule has 3 rings (SSSR count). The molecule has 0 spiro atoms. The van der Waals surface area contributed by atoms with Crippen LogP contribution in [-0.2, 0) is 26.3 Å². The van der Waals surface area contributed by atoms with Crippen molar-refractivity contribution in [2.75, 3.05) is 20.6 Å². The van der Waals surface area contributed by atoms with Gasteiger partial charge in [-0.3, -0.25) is 0 Å². The number of carbonyl (C=O) groups is 2. The van der Waals surface area contributed by atoms with Crippen molar-refractivity contribution in [2.45, 2.75) is 43.6 Å². The van der Waals surface area contributed by atoms with E-state index in [9.17, 15) is 14.7 Å². The first-order chi connectivity index (χ1) is 14.3. The summed E-state index contributed by atoms with van der Waals surface area (Å²) in [6, 6.07) is 16.0. The van der Waals surface area contributed by atoms with Gasteiger partial charge in [0.15, 0.2) is 0 Å². The summed E-state index contributed by atoms with van der Waals surface area (Å²) in [6.45, 7) is 0.821. The van der Waals surface area contributed by atoms with Crippen molar-refractivity contribution in [3.63, 3.8) is 0 Å². The van der Waals surface area contributed by atoms with E-state index in [1.807, 2.05) is 56.6 Å². The molecule has 2 aromatic rings. The molecule has 2 atom stereocenters. The monoisotopic (exact) mass is 473 g/mol. The molecule has 30 heavy (non-hydrogen) atoms. The van der Waals surface area contributed by atoms with Gasteiger partial charge in [0.25, 0.3) is 0 Å². The number of hydrogen-bond donors (Lipinski definition) is 1. The van der Waals surface area contributed by atoms with Gasteiger partial charge in [0.1, 0.15) is 5.60 Å². The summed E-state index contributed by atoms with van der Waals surface area (Å²) in [5.74, 6) is -2.88. The summed E-state index contributed by atoms with van der Waals surface area (Å²) in [6.07, 6.45) is 3.97. The van der Waals surface area contributed by atoms with Gasteiger partial charge in [0, 0.05) is 10.4 Å². The lowest BCUT2D eigenvalue weighted by atomic mass is 9.73. The minimum atomic E-state index is -1.56. The number of hydrogen-bond acceptors (Lipinski definition) is 4. The number of esters is 1. The van der Waals surface area contributed by atoms with Crippen LogP contribution in [0.4, 0.5) is 0 Å². The van der Waals surface area contributed by atoms with Crippen molar-refractivity contribution in [2.24, 2.45) is 0 Å². The molecule has 0 aromatic heterocycles. The highest BCUT2D eigenvalue weighted by Crippen LogP contribution is 2.50. The van der Waals surface area contributed by atoms with Crippen molar-refractivity contribution in [1.82, 2.24) is 4.90 Å². The van der Waals surface area contributed by atoms with Crippen LogP contribution in [-0.4, -0.2) is 42.6 Å². The van der Waals surface area contributed by atoms with Gasteiger partial charge in [-0.25, -0.2) is 9.59 Å². The van der Waals surface area contributed by atoms with Crippen molar-refractivity contribution in [3.8, 4) is 0 Å². The van der Waals surface area contributed by atoms with Gasteiger partial charge in [0.05, 0.1) is 0 Å². The number of rotatable bonds is 6. The van der Waals surface area contributed by atoms with Crippen LogP contribution < -0.4 is 0 Å². The number of aryl methyl sites for hydroxylation is 1. The lowest BCUT2D eigenvalue weighted by Gasteiger charge is -2.41. The Bertz CT molecular complexity index is 896. The van der Waals surface area contributed by atoms with Crippen molar-refractivity contribution < 1.29 is 19.4 Å². The molecule has 0 fully saturated rings. The predicted octanol–water partition coefficient (Wildman–Crippen LogP) is 4.73. The molecule has 0 amide bonds. The lowest BCUT2D eigenvalue weighted by molar-refractivity contribution is -0.179. The predicted molar refractivity (Wildman–Crippen MR) is 119 cm³/mol. The molecule has 0 saturated carbocycles. The standard InChI is InChI=1S/C24H28BrNO4/c1-26(2)16-6-15-24(30-23(29)22(27)28)20-9-4-3-7-17(20)8-5-10-21(24)18-11-13-19(25)14-12-18/h3-4,7,9,11-14,21H,5-6,8,10,15-16H2,1-2H3,(H,27,28)/t21-,24+/m1/s1. The van der Waals surface area contributed by atoms with E-state index in [0.29, 0.717) is 6.42 Å². The summed E-state index contributed by atoms with van der Waals surface area (Å²) in [5.41, 5.74) is 2.09. The molecule has 2 aromatic carbocycles. The molecule has 6 heteroatoms. The number of ether oxygens (including phenoxy) is 1. The lowest BCUT2D eigenvalue weighted by Crippen LogP contribution is -2.41. The fraction of sp³-hybridized carbons (Fsp3) is 0.417. The smallest absolute Gasteiger partial charge is 0.418 e. The first-order valence-electron chi connectivity index (χ1n) is 10.3. The number of fused-ring (bicyclic) bond motifs is 1. The van der Waals surface area contributed by atoms with Crippen LogP contribution in [0.1, 0.15) is 48.3 Å². The maximum atomic E-state index is 12.4. The summed E-state index contributed by atoms with van der Waals surface area (Å²) in [4.78, 5) is 26.0. The molecule has 0 aliphatic heterocycles. The third-order valence-corrected chi connectivity index (χ3v) is 6.38. The average molecular weight is 474 g/mol. The highest BCUT2D eigenvalue weighted by molar-refractivity contribution is 9.10. The summed E-state index contributed by atoms with van der Waals surface area (Å²) < 4.78 is 6.93. The highest BCUT2D eigenvalue weighted by Gasteiger charge is 2.47. The number of carboxylic acid groups (broad SMARTS) is 1. The second-order valence-electron chi connectivity index (χ2n) is 8.14. The molecule has 0 saturated heterocycles. The van der Waals surface area contributed by atoms with Gasteiger partial charge >= 0.3 is 11.9 Å². The first kappa shape index (κ1) is 22.5. The number of benzene rings is 2. The van der Waals surface area contributed by atoms with E-state index in [4.69, 9.17) is 4.74 Å². The molecule has 1 N–H and O–H groups in total. The number of nitrogens with zero attached hydrogens (tertiary/aromatic N) is 1. The Morgan fingerprint density at radius 1 is 1.17 bits per heavy atom. The number of carbonyl (C=O) groups excluding carboxylic acids is 1. The third kappa shape index (κ3) is 4.93. The molecule has 0 heterocycles. The van der Waals surface area contributed by atoms with Crippen LogP contribution in [0.25, 0.3) is 0 Å².